The molecule has 3 heterocycles. The van der Waals surface area contributed by atoms with Crippen LogP contribution in [-0.2, 0) is 18.3 Å². The number of methoxy groups -OCH3 is 1. The molecule has 1 aliphatic rings. The van der Waals surface area contributed by atoms with Crippen LogP contribution in [-0.4, -0.2) is 39.4 Å². The second-order valence-corrected chi connectivity index (χ2v) is 6.03. The Labute approximate surface area is 135 Å². The first kappa shape index (κ1) is 15.7. The minimum atomic E-state index is 0.0475. The predicted molar refractivity (Wildman–Crippen MR) is 82.5 cm³/mol. The molecule has 2 aromatic heterocycles. The number of aryl methyl sites for hydroxylation is 1. The number of likely N-dealkylation sites (tertiary alicyclic amines) is 1. The summed E-state index contributed by atoms with van der Waals surface area (Å²) < 4.78 is 12.8. The fourth-order valence-corrected chi connectivity index (χ4v) is 3.16. The highest BCUT2D eigenvalue weighted by Gasteiger charge is 2.37. The first-order valence-corrected chi connectivity index (χ1v) is 7.65. The Bertz CT molecular complexity index is 742. The van der Waals surface area contributed by atoms with Gasteiger partial charge in [-0.15, -0.1) is 0 Å². The minimum Gasteiger partial charge on any atom is -0.380 e. The molecular formula is C16H21N5O2. The summed E-state index contributed by atoms with van der Waals surface area (Å²) in [5, 5.41) is 13.1. The van der Waals surface area contributed by atoms with Gasteiger partial charge in [-0.2, -0.15) is 10.2 Å². The fourth-order valence-electron chi connectivity index (χ4n) is 3.16. The maximum absolute atomic E-state index is 9.19. The van der Waals surface area contributed by atoms with Gasteiger partial charge in [0.1, 0.15) is 11.8 Å². The molecular weight excluding hydrogens is 294 g/mol. The second kappa shape index (κ2) is 6.14. The molecule has 23 heavy (non-hydrogen) atoms. The Morgan fingerprint density at radius 2 is 2.26 bits per heavy atom. The number of nitrogens with zero attached hydrogens (tertiary/aromatic N) is 5. The van der Waals surface area contributed by atoms with Gasteiger partial charge in [0.15, 0.2) is 5.82 Å². The third kappa shape index (κ3) is 2.87. The highest BCUT2D eigenvalue weighted by Crippen LogP contribution is 2.34. The molecule has 7 nitrogen and oxygen atoms in total. The molecule has 0 unspecified atom stereocenters. The van der Waals surface area contributed by atoms with Crippen molar-refractivity contribution in [3.05, 3.63) is 34.7 Å². The van der Waals surface area contributed by atoms with Gasteiger partial charge in [-0.3, -0.25) is 4.90 Å². The van der Waals surface area contributed by atoms with Crippen molar-refractivity contribution >= 4 is 0 Å². The van der Waals surface area contributed by atoms with E-state index in [-0.39, 0.29) is 12.1 Å². The maximum atomic E-state index is 9.19. The fraction of sp³-hybridized carbons (Fsp3) is 0.562. The van der Waals surface area contributed by atoms with Crippen LogP contribution >= 0.6 is 0 Å². The highest BCUT2D eigenvalue weighted by molar-refractivity contribution is 5.34. The number of ether oxygens (including phenoxy) is 1. The van der Waals surface area contributed by atoms with Gasteiger partial charge in [0.2, 0.25) is 5.89 Å². The van der Waals surface area contributed by atoms with E-state index in [9.17, 15) is 5.26 Å². The summed E-state index contributed by atoms with van der Waals surface area (Å²) >= 11 is 0. The van der Waals surface area contributed by atoms with Crippen molar-refractivity contribution in [2.24, 2.45) is 7.05 Å². The summed E-state index contributed by atoms with van der Waals surface area (Å²) in [6, 6.07) is 4.22. The van der Waals surface area contributed by atoms with Gasteiger partial charge in [-0.05, 0) is 31.9 Å². The lowest BCUT2D eigenvalue weighted by Crippen LogP contribution is -2.25. The molecule has 1 aliphatic heterocycles. The third-order valence-electron chi connectivity index (χ3n) is 4.65. The van der Waals surface area contributed by atoms with E-state index < -0.39 is 0 Å². The van der Waals surface area contributed by atoms with Gasteiger partial charge < -0.3 is 13.8 Å². The van der Waals surface area contributed by atoms with Crippen LogP contribution in [0.4, 0.5) is 0 Å². The van der Waals surface area contributed by atoms with E-state index in [0.717, 1.165) is 30.8 Å². The Kier molecular flexibility index (Phi) is 4.20. The van der Waals surface area contributed by atoms with Crippen molar-refractivity contribution in [3.8, 4) is 6.07 Å². The molecule has 7 heteroatoms. The SMILES string of the molecule is CO[C@@H]1C[C@H](c2nc(C)no2)N(Cc2cc(C#N)n(C)c2C)C1. The van der Waals surface area contributed by atoms with Crippen molar-refractivity contribution in [1.82, 2.24) is 19.6 Å². The molecule has 0 aromatic carbocycles. The summed E-state index contributed by atoms with van der Waals surface area (Å²) in [6.45, 7) is 5.39. The molecule has 1 fully saturated rings. The van der Waals surface area contributed by atoms with Crippen LogP contribution in [0.15, 0.2) is 10.6 Å². The van der Waals surface area contributed by atoms with Crippen LogP contribution < -0.4 is 0 Å². The summed E-state index contributed by atoms with van der Waals surface area (Å²) in [4.78, 5) is 6.66. The Morgan fingerprint density at radius 3 is 2.83 bits per heavy atom. The van der Waals surface area contributed by atoms with Crippen LogP contribution in [0.1, 0.15) is 41.1 Å². The normalized spacial score (nSPS) is 21.7. The molecule has 1 saturated heterocycles. The zero-order valence-corrected chi connectivity index (χ0v) is 13.9. The first-order chi connectivity index (χ1) is 11.0. The largest absolute Gasteiger partial charge is 0.380 e. The third-order valence-corrected chi connectivity index (χ3v) is 4.65. The summed E-state index contributed by atoms with van der Waals surface area (Å²) in [7, 11) is 3.64. The van der Waals surface area contributed by atoms with Crippen LogP contribution in [0.2, 0.25) is 0 Å². The minimum absolute atomic E-state index is 0.0475. The molecule has 0 radical (unpaired) electrons. The van der Waals surface area contributed by atoms with E-state index in [2.05, 4.69) is 21.1 Å². The quantitative estimate of drug-likeness (QED) is 0.856. The van der Waals surface area contributed by atoms with Gasteiger partial charge in [0.25, 0.3) is 0 Å². The van der Waals surface area contributed by atoms with E-state index in [1.165, 1.54) is 0 Å². The highest BCUT2D eigenvalue weighted by atomic mass is 16.5. The zero-order chi connectivity index (χ0) is 16.6. The molecule has 0 aliphatic carbocycles. The molecule has 0 bridgehead atoms. The van der Waals surface area contributed by atoms with E-state index in [1.807, 2.05) is 31.5 Å². The number of aromatic nitrogens is 3. The van der Waals surface area contributed by atoms with Gasteiger partial charge in [-0.1, -0.05) is 5.16 Å². The van der Waals surface area contributed by atoms with Crippen LogP contribution in [0.25, 0.3) is 0 Å². The number of rotatable bonds is 4. The lowest BCUT2D eigenvalue weighted by molar-refractivity contribution is 0.107. The first-order valence-electron chi connectivity index (χ1n) is 7.65. The lowest BCUT2D eigenvalue weighted by Gasteiger charge is -2.21. The Balaban J connectivity index is 1.86. The predicted octanol–water partition coefficient (Wildman–Crippen LogP) is 1.86. The monoisotopic (exact) mass is 315 g/mol. The summed E-state index contributed by atoms with van der Waals surface area (Å²) in [5.41, 5.74) is 2.91. The molecule has 2 aromatic rings. The molecule has 0 spiro atoms. The van der Waals surface area contributed by atoms with E-state index >= 15 is 0 Å². The zero-order valence-electron chi connectivity index (χ0n) is 13.9. The maximum Gasteiger partial charge on any atom is 0.244 e. The van der Waals surface area contributed by atoms with E-state index in [4.69, 9.17) is 9.26 Å². The summed E-state index contributed by atoms with van der Waals surface area (Å²) in [6.07, 6.45) is 0.974. The van der Waals surface area contributed by atoms with Gasteiger partial charge in [0, 0.05) is 32.9 Å². The average molecular weight is 315 g/mol. The Hall–Kier alpha value is -2.17. The van der Waals surface area contributed by atoms with Crippen LogP contribution in [0.3, 0.4) is 0 Å². The van der Waals surface area contributed by atoms with Crippen molar-refractivity contribution in [3.63, 3.8) is 0 Å². The Morgan fingerprint density at radius 1 is 1.48 bits per heavy atom. The van der Waals surface area contributed by atoms with Gasteiger partial charge >= 0.3 is 0 Å². The molecule has 3 rings (SSSR count). The van der Waals surface area contributed by atoms with Crippen LogP contribution in [0.5, 0.6) is 0 Å². The van der Waals surface area contributed by atoms with Crippen LogP contribution in [0, 0.1) is 25.2 Å². The van der Waals surface area contributed by atoms with Crippen molar-refractivity contribution in [1.29, 1.82) is 5.26 Å². The topological polar surface area (TPSA) is 80.1 Å². The number of nitriles is 1. The smallest absolute Gasteiger partial charge is 0.244 e. The number of hydrogen-bond acceptors (Lipinski definition) is 6. The van der Waals surface area contributed by atoms with E-state index in [1.54, 1.807) is 7.11 Å². The molecule has 0 saturated carbocycles. The summed E-state index contributed by atoms with van der Waals surface area (Å²) in [5.74, 6) is 1.28. The number of hydrogen-bond donors (Lipinski definition) is 0. The molecule has 0 N–H and O–H groups in total. The van der Waals surface area contributed by atoms with E-state index in [0.29, 0.717) is 17.4 Å². The van der Waals surface area contributed by atoms with Crippen molar-refractivity contribution in [2.45, 2.75) is 39.0 Å². The molecule has 0 amide bonds. The second-order valence-electron chi connectivity index (χ2n) is 6.03. The lowest BCUT2D eigenvalue weighted by atomic mass is 10.2. The molecule has 2 atom stereocenters. The average Bonchev–Trinajstić information content (AvgIpc) is 3.21. The molecule has 122 valence electrons. The van der Waals surface area contributed by atoms with Gasteiger partial charge in [0.05, 0.1) is 12.1 Å². The van der Waals surface area contributed by atoms with Crippen molar-refractivity contribution in [2.75, 3.05) is 13.7 Å². The van der Waals surface area contributed by atoms with Crippen molar-refractivity contribution < 1.29 is 9.26 Å². The van der Waals surface area contributed by atoms with Gasteiger partial charge in [-0.25, -0.2) is 0 Å². The standard InChI is InChI=1S/C16H21N5O2/c1-10-12(5-13(7-17)20(10)3)8-21-9-14(22-4)6-15(21)16-18-11(2)19-23-16/h5,14-15H,6,8-9H2,1-4H3/t14-,15-/m1/s1.